The summed E-state index contributed by atoms with van der Waals surface area (Å²) in [5.74, 6) is 0.303. The zero-order valence-corrected chi connectivity index (χ0v) is 18.0. The second-order valence-corrected chi connectivity index (χ2v) is 8.38. The number of benzene rings is 2. The van der Waals surface area contributed by atoms with E-state index in [-0.39, 0.29) is 17.5 Å². The molecule has 2 aromatic carbocycles. The molecule has 0 aliphatic carbocycles. The Bertz CT molecular complexity index is 976. The number of anilines is 2. The summed E-state index contributed by atoms with van der Waals surface area (Å²) in [7, 11) is 0. The first-order valence-corrected chi connectivity index (χ1v) is 11.0. The predicted molar refractivity (Wildman–Crippen MR) is 122 cm³/mol. The van der Waals surface area contributed by atoms with E-state index in [2.05, 4.69) is 15.1 Å². The number of nitrogens with zero attached hydrogens (tertiary/aromatic N) is 2. The number of carbonyl (C=O) groups is 3. The monoisotopic (exact) mass is 419 g/mol. The highest BCUT2D eigenvalue weighted by atomic mass is 16.1. The number of amides is 1. The molecule has 6 nitrogen and oxygen atoms in total. The van der Waals surface area contributed by atoms with Crippen LogP contribution in [0.25, 0.3) is 0 Å². The van der Waals surface area contributed by atoms with Gasteiger partial charge in [-0.15, -0.1) is 0 Å². The van der Waals surface area contributed by atoms with Crippen LogP contribution < -0.4 is 10.2 Å². The van der Waals surface area contributed by atoms with Crippen molar-refractivity contribution in [2.75, 3.05) is 42.9 Å². The van der Waals surface area contributed by atoms with Crippen LogP contribution in [0.2, 0.25) is 0 Å². The molecule has 1 saturated heterocycles. The SMILES string of the molecule is CC(=O)c1ccc(N2CCN(CCCC(=O)c3ccc4c(c3)CCC(=O)N4)CC2)cc1. The fourth-order valence-corrected chi connectivity index (χ4v) is 4.30. The number of fused-ring (bicyclic) bond motifs is 1. The zero-order valence-electron chi connectivity index (χ0n) is 18.0. The van der Waals surface area contributed by atoms with E-state index in [1.165, 1.54) is 0 Å². The molecule has 6 heteroatoms. The van der Waals surface area contributed by atoms with Crippen LogP contribution in [0.15, 0.2) is 42.5 Å². The molecule has 2 aromatic rings. The molecule has 0 unspecified atom stereocenters. The molecule has 0 spiro atoms. The third kappa shape index (κ3) is 5.20. The minimum Gasteiger partial charge on any atom is -0.369 e. The van der Waals surface area contributed by atoms with Gasteiger partial charge >= 0.3 is 0 Å². The maximum atomic E-state index is 12.6. The van der Waals surface area contributed by atoms with Crippen molar-refractivity contribution in [1.82, 2.24) is 4.90 Å². The first-order chi connectivity index (χ1) is 15.0. The molecular weight excluding hydrogens is 390 g/mol. The lowest BCUT2D eigenvalue weighted by molar-refractivity contribution is -0.116. The zero-order chi connectivity index (χ0) is 21.8. The topological polar surface area (TPSA) is 69.7 Å². The third-order valence-electron chi connectivity index (χ3n) is 6.21. The van der Waals surface area contributed by atoms with Gasteiger partial charge in [0, 0.05) is 61.5 Å². The lowest BCUT2D eigenvalue weighted by atomic mass is 9.97. The average Bonchev–Trinajstić information content (AvgIpc) is 2.79. The molecule has 0 radical (unpaired) electrons. The first-order valence-electron chi connectivity index (χ1n) is 11.0. The lowest BCUT2D eigenvalue weighted by Crippen LogP contribution is -2.46. The van der Waals surface area contributed by atoms with Gasteiger partial charge in [0.2, 0.25) is 5.91 Å². The van der Waals surface area contributed by atoms with E-state index in [1.807, 2.05) is 42.5 Å². The Hall–Kier alpha value is -2.99. The van der Waals surface area contributed by atoms with Crippen LogP contribution in [0.4, 0.5) is 11.4 Å². The summed E-state index contributed by atoms with van der Waals surface area (Å²) in [5, 5.41) is 2.86. The van der Waals surface area contributed by atoms with Crippen molar-refractivity contribution in [3.05, 3.63) is 59.2 Å². The molecule has 1 N–H and O–H groups in total. The second kappa shape index (κ2) is 9.43. The van der Waals surface area contributed by atoms with Crippen molar-refractivity contribution in [3.8, 4) is 0 Å². The minimum absolute atomic E-state index is 0.0414. The molecule has 0 bridgehead atoms. The van der Waals surface area contributed by atoms with E-state index < -0.39 is 0 Å². The van der Waals surface area contributed by atoms with Gasteiger partial charge in [0.1, 0.15) is 0 Å². The number of Topliss-reactive ketones (excluding diaryl/α,β-unsaturated/α-hetero) is 2. The van der Waals surface area contributed by atoms with Crippen molar-refractivity contribution in [2.24, 2.45) is 0 Å². The molecule has 31 heavy (non-hydrogen) atoms. The fourth-order valence-electron chi connectivity index (χ4n) is 4.30. The number of aryl methyl sites for hydroxylation is 1. The van der Waals surface area contributed by atoms with E-state index in [9.17, 15) is 14.4 Å². The number of nitrogens with one attached hydrogen (secondary N) is 1. The second-order valence-electron chi connectivity index (χ2n) is 8.38. The smallest absolute Gasteiger partial charge is 0.224 e. The number of carbonyl (C=O) groups excluding carboxylic acids is 3. The molecule has 0 atom stereocenters. The summed E-state index contributed by atoms with van der Waals surface area (Å²) >= 11 is 0. The molecule has 0 saturated carbocycles. The minimum atomic E-state index is 0.0414. The molecule has 1 fully saturated rings. The van der Waals surface area contributed by atoms with E-state index in [1.54, 1.807) is 6.92 Å². The number of rotatable bonds is 7. The Morgan fingerprint density at radius 2 is 1.65 bits per heavy atom. The highest BCUT2D eigenvalue weighted by molar-refractivity contribution is 5.99. The van der Waals surface area contributed by atoms with Crippen LogP contribution >= 0.6 is 0 Å². The fraction of sp³-hybridized carbons (Fsp3) is 0.400. The van der Waals surface area contributed by atoms with Crippen LogP contribution in [0, 0.1) is 0 Å². The van der Waals surface area contributed by atoms with Gasteiger partial charge in [0.05, 0.1) is 0 Å². The standard InChI is InChI=1S/C25H29N3O3/c1-18(29)19-4-8-22(9-5-19)28-15-13-27(14-16-28)12-2-3-24(30)21-6-10-23-20(17-21)7-11-25(31)26-23/h4-6,8-10,17H,2-3,7,11-16H2,1H3,(H,26,31). The number of ketones is 2. The van der Waals surface area contributed by atoms with Crippen LogP contribution in [0.3, 0.4) is 0 Å². The molecule has 2 aliphatic rings. The summed E-state index contributed by atoms with van der Waals surface area (Å²) in [4.78, 5) is 40.3. The Morgan fingerprint density at radius 1 is 0.935 bits per heavy atom. The number of piperazine rings is 1. The van der Waals surface area contributed by atoms with E-state index in [0.717, 1.165) is 67.2 Å². The maximum absolute atomic E-state index is 12.6. The Morgan fingerprint density at radius 3 is 2.35 bits per heavy atom. The summed E-state index contributed by atoms with van der Waals surface area (Å²) in [5.41, 5.74) is 4.53. The quantitative estimate of drug-likeness (QED) is 0.695. The Kier molecular flexibility index (Phi) is 6.47. The van der Waals surface area contributed by atoms with Crippen molar-refractivity contribution < 1.29 is 14.4 Å². The maximum Gasteiger partial charge on any atom is 0.224 e. The van der Waals surface area contributed by atoms with Gasteiger partial charge in [-0.05, 0) is 74.3 Å². The van der Waals surface area contributed by atoms with E-state index >= 15 is 0 Å². The van der Waals surface area contributed by atoms with Gasteiger partial charge < -0.3 is 10.2 Å². The van der Waals surface area contributed by atoms with Crippen molar-refractivity contribution in [3.63, 3.8) is 0 Å². The molecule has 1 amide bonds. The normalized spacial score (nSPS) is 16.5. The van der Waals surface area contributed by atoms with Crippen LogP contribution in [0.5, 0.6) is 0 Å². The van der Waals surface area contributed by atoms with Gasteiger partial charge in [-0.2, -0.15) is 0 Å². The van der Waals surface area contributed by atoms with Gasteiger partial charge in [0.15, 0.2) is 11.6 Å². The van der Waals surface area contributed by atoms with Crippen LogP contribution in [-0.2, 0) is 11.2 Å². The highest BCUT2D eigenvalue weighted by Crippen LogP contribution is 2.24. The Balaban J connectivity index is 1.22. The van der Waals surface area contributed by atoms with Gasteiger partial charge in [-0.3, -0.25) is 19.3 Å². The van der Waals surface area contributed by atoms with Crippen LogP contribution in [0.1, 0.15) is 52.5 Å². The largest absolute Gasteiger partial charge is 0.369 e. The molecule has 0 aromatic heterocycles. The summed E-state index contributed by atoms with van der Waals surface area (Å²) < 4.78 is 0. The summed E-state index contributed by atoms with van der Waals surface area (Å²) in [6.45, 7) is 6.35. The van der Waals surface area contributed by atoms with Crippen molar-refractivity contribution in [1.29, 1.82) is 0 Å². The number of hydrogen-bond acceptors (Lipinski definition) is 5. The van der Waals surface area contributed by atoms with Crippen LogP contribution in [-0.4, -0.2) is 55.1 Å². The van der Waals surface area contributed by atoms with E-state index in [0.29, 0.717) is 19.3 Å². The first kappa shape index (κ1) is 21.2. The van der Waals surface area contributed by atoms with Gasteiger partial charge in [-0.25, -0.2) is 0 Å². The summed E-state index contributed by atoms with van der Waals surface area (Å²) in [6, 6.07) is 13.4. The lowest BCUT2D eigenvalue weighted by Gasteiger charge is -2.36. The highest BCUT2D eigenvalue weighted by Gasteiger charge is 2.19. The molecular formula is C25H29N3O3. The average molecular weight is 420 g/mol. The van der Waals surface area contributed by atoms with Crippen molar-refractivity contribution in [2.45, 2.75) is 32.6 Å². The molecule has 162 valence electrons. The molecule has 2 heterocycles. The number of hydrogen-bond donors (Lipinski definition) is 1. The van der Waals surface area contributed by atoms with E-state index in [4.69, 9.17) is 0 Å². The van der Waals surface area contributed by atoms with Gasteiger partial charge in [-0.1, -0.05) is 0 Å². The Labute approximate surface area is 183 Å². The summed E-state index contributed by atoms with van der Waals surface area (Å²) in [6.07, 6.45) is 2.57. The van der Waals surface area contributed by atoms with Gasteiger partial charge in [0.25, 0.3) is 0 Å². The third-order valence-corrected chi connectivity index (χ3v) is 6.21. The molecule has 4 rings (SSSR count). The predicted octanol–water partition coefficient (Wildman–Crippen LogP) is 3.56. The van der Waals surface area contributed by atoms with Crippen molar-refractivity contribution >= 4 is 28.8 Å². The molecule has 2 aliphatic heterocycles.